The Balaban J connectivity index is 1.39. The summed E-state index contributed by atoms with van der Waals surface area (Å²) in [4.78, 5) is 16.6. The van der Waals surface area contributed by atoms with Crippen molar-refractivity contribution >= 4 is 38.2 Å². The molecule has 1 aromatic heterocycles. The van der Waals surface area contributed by atoms with Crippen molar-refractivity contribution in [2.24, 2.45) is 0 Å². The molecule has 0 bridgehead atoms. The second kappa shape index (κ2) is 8.61. The maximum absolute atomic E-state index is 12.2. The Hall–Kier alpha value is -3.07. The van der Waals surface area contributed by atoms with Crippen LogP contribution in [0.25, 0.3) is 10.9 Å². The highest BCUT2D eigenvalue weighted by molar-refractivity contribution is 7.90. The molecule has 1 saturated heterocycles. The van der Waals surface area contributed by atoms with Gasteiger partial charge in [0, 0.05) is 37.0 Å². The number of hydrogen-bond donors (Lipinski definition) is 0. The topological polar surface area (TPSA) is 84.7 Å². The molecule has 1 fully saturated rings. The lowest BCUT2D eigenvalue weighted by Gasteiger charge is -2.32. The number of ether oxygens (including phenoxy) is 1. The first kappa shape index (κ1) is 22.7. The molecule has 2 aliphatic heterocycles. The summed E-state index contributed by atoms with van der Waals surface area (Å²) in [6.45, 7) is 5.82. The number of piperidine rings is 1. The number of carbonyl (C=O) groups is 1. The van der Waals surface area contributed by atoms with Gasteiger partial charge in [-0.05, 0) is 69.0 Å². The van der Waals surface area contributed by atoms with Crippen molar-refractivity contribution in [1.82, 2.24) is 14.7 Å². The molecular formula is C25H30N4O4S. The average molecular weight is 483 g/mol. The zero-order chi connectivity index (χ0) is 24.0. The quantitative estimate of drug-likeness (QED) is 0.551. The van der Waals surface area contributed by atoms with Crippen LogP contribution in [0.5, 0.6) is 0 Å². The number of benzene rings is 2. The molecule has 1 amide bonds. The van der Waals surface area contributed by atoms with Crippen molar-refractivity contribution in [1.29, 1.82) is 0 Å². The third kappa shape index (κ3) is 4.13. The van der Waals surface area contributed by atoms with Crippen LogP contribution >= 0.6 is 0 Å². The Morgan fingerprint density at radius 2 is 1.85 bits per heavy atom. The van der Waals surface area contributed by atoms with Crippen molar-refractivity contribution in [2.75, 3.05) is 30.8 Å². The second-order valence-corrected chi connectivity index (χ2v) is 11.4. The van der Waals surface area contributed by atoms with Crippen LogP contribution in [-0.2, 0) is 21.0 Å². The number of likely N-dealkylation sites (tertiary alicyclic amines) is 1. The summed E-state index contributed by atoms with van der Waals surface area (Å²) < 4.78 is 31.4. The lowest BCUT2D eigenvalue weighted by Crippen LogP contribution is -2.40. The normalized spacial score (nSPS) is 16.9. The number of aromatic nitrogens is 2. The van der Waals surface area contributed by atoms with Crippen LogP contribution in [0, 0.1) is 0 Å². The summed E-state index contributed by atoms with van der Waals surface area (Å²) in [7, 11) is -3.23. The zero-order valence-corrected chi connectivity index (χ0v) is 20.6. The first-order valence-corrected chi connectivity index (χ1v) is 13.6. The summed E-state index contributed by atoms with van der Waals surface area (Å²) in [5, 5.41) is 5.82. The molecule has 0 unspecified atom stereocenters. The maximum Gasteiger partial charge on any atom is 0.410 e. The molecule has 8 nitrogen and oxygen atoms in total. The van der Waals surface area contributed by atoms with E-state index in [4.69, 9.17) is 9.84 Å². The van der Waals surface area contributed by atoms with E-state index in [1.54, 1.807) is 17.0 Å². The van der Waals surface area contributed by atoms with Gasteiger partial charge < -0.3 is 14.5 Å². The van der Waals surface area contributed by atoms with E-state index in [9.17, 15) is 13.2 Å². The molecular weight excluding hydrogens is 452 g/mol. The number of nitrogens with zero attached hydrogens (tertiary/aromatic N) is 4. The number of amides is 1. The Kier molecular flexibility index (Phi) is 5.75. The third-order valence-electron chi connectivity index (χ3n) is 6.69. The van der Waals surface area contributed by atoms with Gasteiger partial charge in [-0.2, -0.15) is 5.10 Å². The van der Waals surface area contributed by atoms with Gasteiger partial charge in [0.05, 0.1) is 34.4 Å². The number of anilines is 2. The molecule has 3 aromatic rings. The van der Waals surface area contributed by atoms with Crippen LogP contribution in [0.1, 0.15) is 38.3 Å². The van der Waals surface area contributed by atoms with E-state index < -0.39 is 9.84 Å². The van der Waals surface area contributed by atoms with Crippen LogP contribution in [0.3, 0.4) is 0 Å². The van der Waals surface area contributed by atoms with Crippen LogP contribution in [0.15, 0.2) is 47.5 Å². The Labute approximate surface area is 200 Å². The molecule has 3 heterocycles. The van der Waals surface area contributed by atoms with Crippen LogP contribution < -0.4 is 4.90 Å². The van der Waals surface area contributed by atoms with Gasteiger partial charge >= 0.3 is 6.09 Å². The molecule has 9 heteroatoms. The Bertz CT molecular complexity index is 1340. The molecule has 0 saturated carbocycles. The first-order valence-electron chi connectivity index (χ1n) is 11.7. The average Bonchev–Trinajstić information content (AvgIpc) is 3.42. The van der Waals surface area contributed by atoms with Crippen molar-refractivity contribution in [3.05, 3.63) is 48.2 Å². The van der Waals surface area contributed by atoms with E-state index in [0.717, 1.165) is 53.6 Å². The molecule has 0 atom stereocenters. The van der Waals surface area contributed by atoms with E-state index in [2.05, 4.69) is 21.7 Å². The molecule has 0 aliphatic carbocycles. The van der Waals surface area contributed by atoms with Crippen molar-refractivity contribution < 1.29 is 17.9 Å². The molecule has 0 N–H and O–H groups in total. The van der Waals surface area contributed by atoms with E-state index >= 15 is 0 Å². The zero-order valence-electron chi connectivity index (χ0n) is 19.8. The summed E-state index contributed by atoms with van der Waals surface area (Å²) in [5.41, 5.74) is 4.24. The van der Waals surface area contributed by atoms with E-state index in [-0.39, 0.29) is 18.2 Å². The number of carbonyl (C=O) groups excluding carboxylic acids is 1. The van der Waals surface area contributed by atoms with Gasteiger partial charge in [-0.25, -0.2) is 13.2 Å². The highest BCUT2D eigenvalue weighted by Crippen LogP contribution is 2.40. The number of rotatable bonds is 4. The number of fused-ring (bicyclic) bond motifs is 2. The molecule has 34 heavy (non-hydrogen) atoms. The first-order chi connectivity index (χ1) is 16.2. The number of hydrogen-bond acceptors (Lipinski definition) is 6. The largest absolute Gasteiger partial charge is 0.447 e. The van der Waals surface area contributed by atoms with Gasteiger partial charge in [-0.3, -0.25) is 4.68 Å². The third-order valence-corrected chi connectivity index (χ3v) is 7.80. The molecule has 2 aromatic carbocycles. The van der Waals surface area contributed by atoms with Crippen molar-refractivity contribution in [2.45, 2.75) is 50.2 Å². The van der Waals surface area contributed by atoms with Gasteiger partial charge in [0.15, 0.2) is 9.84 Å². The summed E-state index contributed by atoms with van der Waals surface area (Å²) in [6, 6.07) is 11.9. The van der Waals surface area contributed by atoms with E-state index in [0.29, 0.717) is 18.0 Å². The van der Waals surface area contributed by atoms with Gasteiger partial charge in [0.25, 0.3) is 0 Å². The fraction of sp³-hybridized carbons (Fsp3) is 0.440. The van der Waals surface area contributed by atoms with E-state index in [1.807, 2.05) is 32.2 Å². The van der Waals surface area contributed by atoms with Gasteiger partial charge in [0.1, 0.15) is 0 Å². The predicted molar refractivity (Wildman–Crippen MR) is 131 cm³/mol. The molecule has 5 rings (SSSR count). The van der Waals surface area contributed by atoms with Gasteiger partial charge in [-0.1, -0.05) is 6.07 Å². The second-order valence-electron chi connectivity index (χ2n) is 9.41. The minimum atomic E-state index is -3.23. The van der Waals surface area contributed by atoms with Crippen LogP contribution in [0.2, 0.25) is 0 Å². The fourth-order valence-corrected chi connectivity index (χ4v) is 5.68. The maximum atomic E-state index is 12.2. The van der Waals surface area contributed by atoms with Gasteiger partial charge in [-0.15, -0.1) is 0 Å². The summed E-state index contributed by atoms with van der Waals surface area (Å²) >= 11 is 0. The summed E-state index contributed by atoms with van der Waals surface area (Å²) in [5.74, 6) is 0. The Morgan fingerprint density at radius 1 is 1.09 bits per heavy atom. The fourth-order valence-electron chi connectivity index (χ4n) is 5.01. The van der Waals surface area contributed by atoms with Crippen molar-refractivity contribution in [3.8, 4) is 0 Å². The monoisotopic (exact) mass is 482 g/mol. The lowest BCUT2D eigenvalue weighted by molar-refractivity contribution is 0.0656. The highest BCUT2D eigenvalue weighted by atomic mass is 32.2. The predicted octanol–water partition coefficient (Wildman–Crippen LogP) is 4.32. The van der Waals surface area contributed by atoms with Crippen LogP contribution in [-0.4, -0.2) is 61.2 Å². The number of sulfone groups is 1. The molecule has 180 valence electrons. The minimum Gasteiger partial charge on any atom is -0.447 e. The molecule has 0 spiro atoms. The molecule has 0 radical (unpaired) electrons. The standard InChI is InChI=1S/C25H30N4O4S/c1-17(2)33-25(30)27-12-10-19(11-13-27)29-24-6-4-5-23(21(24)16-26-29)28-14-9-18-15-20(34(3,31)32)7-8-22(18)28/h4-8,15-17,19H,9-14H2,1-3H3. The van der Waals surface area contributed by atoms with Crippen LogP contribution in [0.4, 0.5) is 16.2 Å². The van der Waals surface area contributed by atoms with E-state index in [1.165, 1.54) is 6.26 Å². The Morgan fingerprint density at radius 3 is 2.56 bits per heavy atom. The van der Waals surface area contributed by atoms with Crippen molar-refractivity contribution in [3.63, 3.8) is 0 Å². The SMILES string of the molecule is CC(C)OC(=O)N1CCC(n2ncc3c(N4CCc5cc(S(C)(=O)=O)ccc54)cccc32)CC1. The smallest absolute Gasteiger partial charge is 0.410 e. The highest BCUT2D eigenvalue weighted by Gasteiger charge is 2.28. The lowest BCUT2D eigenvalue weighted by atomic mass is 10.1. The van der Waals surface area contributed by atoms with Gasteiger partial charge in [0.2, 0.25) is 0 Å². The minimum absolute atomic E-state index is 0.118. The molecule has 2 aliphatic rings. The summed E-state index contributed by atoms with van der Waals surface area (Å²) in [6.07, 6.45) is 5.26.